The molecule has 2 rings (SSSR count). The van der Waals surface area contributed by atoms with Crippen LogP contribution in [-0.4, -0.2) is 33.9 Å². The molecule has 2 aliphatic rings. The maximum absolute atomic E-state index is 12.5. The van der Waals surface area contributed by atoms with E-state index >= 15 is 0 Å². The lowest BCUT2D eigenvalue weighted by Gasteiger charge is -2.48. The molecule has 5 heteroatoms. The molecule has 27 heavy (non-hydrogen) atoms. The second-order valence-corrected chi connectivity index (χ2v) is 9.25. The molecule has 0 radical (unpaired) electrons. The number of aliphatic carboxylic acids is 1. The number of ketones is 1. The summed E-state index contributed by atoms with van der Waals surface area (Å²) in [4.78, 5) is 23.1. The molecule has 0 unspecified atom stereocenters. The first-order valence-corrected chi connectivity index (χ1v) is 10.8. The van der Waals surface area contributed by atoms with Crippen molar-refractivity contribution in [2.24, 2.45) is 17.3 Å². The van der Waals surface area contributed by atoms with Gasteiger partial charge in [-0.1, -0.05) is 52.9 Å². The highest BCUT2D eigenvalue weighted by atomic mass is 16.6. The van der Waals surface area contributed by atoms with E-state index in [0.717, 1.165) is 51.4 Å². The largest absolute Gasteiger partial charge is 0.481 e. The Morgan fingerprint density at radius 1 is 1.22 bits per heavy atom. The zero-order valence-corrected chi connectivity index (χ0v) is 17.3. The van der Waals surface area contributed by atoms with Crippen molar-refractivity contribution in [3.05, 3.63) is 0 Å². The van der Waals surface area contributed by atoms with Gasteiger partial charge in [0, 0.05) is 30.6 Å². The number of carboxylic acid groups (broad SMARTS) is 1. The SMILES string of the molecule is CCCCC(C)(C)[C@@]1(O)CC[C@H]2[C@@H](CC(=O)[C@@H]2CCCCCCC(=O)O)O1. The second-order valence-electron chi connectivity index (χ2n) is 9.25. The van der Waals surface area contributed by atoms with Crippen molar-refractivity contribution in [1.29, 1.82) is 0 Å². The van der Waals surface area contributed by atoms with Crippen LogP contribution in [0.25, 0.3) is 0 Å². The van der Waals surface area contributed by atoms with E-state index < -0.39 is 11.8 Å². The molecular weight excluding hydrogens is 344 g/mol. The Morgan fingerprint density at radius 3 is 2.59 bits per heavy atom. The Balaban J connectivity index is 1.84. The van der Waals surface area contributed by atoms with Gasteiger partial charge in [0.2, 0.25) is 0 Å². The molecule has 0 bridgehead atoms. The van der Waals surface area contributed by atoms with Crippen LogP contribution in [0.15, 0.2) is 0 Å². The fourth-order valence-electron chi connectivity index (χ4n) is 4.87. The van der Waals surface area contributed by atoms with Crippen LogP contribution in [0.5, 0.6) is 0 Å². The summed E-state index contributed by atoms with van der Waals surface area (Å²) in [5.41, 5.74) is -0.306. The molecule has 1 aliphatic heterocycles. The maximum atomic E-state index is 12.5. The minimum atomic E-state index is -1.13. The number of carboxylic acids is 1. The number of carbonyl (C=O) groups is 2. The molecule has 1 heterocycles. The van der Waals surface area contributed by atoms with Crippen LogP contribution < -0.4 is 0 Å². The lowest BCUT2D eigenvalue weighted by atomic mass is 9.72. The molecule has 5 nitrogen and oxygen atoms in total. The minimum Gasteiger partial charge on any atom is -0.481 e. The smallest absolute Gasteiger partial charge is 0.303 e. The summed E-state index contributed by atoms with van der Waals surface area (Å²) < 4.78 is 6.20. The van der Waals surface area contributed by atoms with Gasteiger partial charge in [-0.3, -0.25) is 9.59 Å². The fourth-order valence-corrected chi connectivity index (χ4v) is 4.87. The molecule has 0 spiro atoms. The first-order chi connectivity index (χ1) is 12.7. The van der Waals surface area contributed by atoms with Gasteiger partial charge in [-0.2, -0.15) is 0 Å². The molecule has 0 aromatic heterocycles. The normalized spacial score (nSPS) is 31.1. The van der Waals surface area contributed by atoms with Crippen molar-refractivity contribution in [1.82, 2.24) is 0 Å². The number of aliphatic hydroxyl groups is 1. The van der Waals surface area contributed by atoms with Crippen molar-refractivity contribution in [2.75, 3.05) is 0 Å². The number of rotatable bonds is 11. The second kappa shape index (κ2) is 9.51. The minimum absolute atomic E-state index is 0.0535. The molecule has 4 atom stereocenters. The summed E-state index contributed by atoms with van der Waals surface area (Å²) in [6.07, 6.45) is 9.48. The van der Waals surface area contributed by atoms with Gasteiger partial charge in [0.15, 0.2) is 5.79 Å². The number of carbonyl (C=O) groups excluding carboxylic acids is 1. The Bertz CT molecular complexity index is 515. The molecule has 2 N–H and O–H groups in total. The number of Topliss-reactive ketones (excluding diaryl/α,β-unsaturated/α-hetero) is 1. The van der Waals surface area contributed by atoms with Crippen LogP contribution in [-0.2, 0) is 14.3 Å². The third-order valence-corrected chi connectivity index (χ3v) is 6.84. The van der Waals surface area contributed by atoms with Crippen molar-refractivity contribution < 1.29 is 24.5 Å². The molecule has 0 amide bonds. The summed E-state index contributed by atoms with van der Waals surface area (Å²) in [6, 6.07) is 0. The Labute approximate surface area is 163 Å². The number of hydrogen-bond donors (Lipinski definition) is 2. The van der Waals surface area contributed by atoms with Crippen LogP contribution in [0.3, 0.4) is 0 Å². The van der Waals surface area contributed by atoms with Gasteiger partial charge in [0.05, 0.1) is 6.10 Å². The standard InChI is InChI=1S/C22H38O5/c1-4-5-13-21(2,3)22(26)14-12-17-16(18(23)15-19(17)27-22)10-8-6-7-9-11-20(24)25/h16-17,19,26H,4-15H2,1-3H3,(H,24,25)/t16-,17-,19-,22-/m1/s1. The summed E-state index contributed by atoms with van der Waals surface area (Å²) >= 11 is 0. The van der Waals surface area contributed by atoms with Crippen molar-refractivity contribution in [2.45, 2.75) is 110 Å². The van der Waals surface area contributed by atoms with E-state index in [4.69, 9.17) is 9.84 Å². The third-order valence-electron chi connectivity index (χ3n) is 6.84. The summed E-state index contributed by atoms with van der Waals surface area (Å²) in [5, 5.41) is 19.9. The molecule has 1 saturated heterocycles. The topological polar surface area (TPSA) is 83.8 Å². The molecule has 2 fully saturated rings. The van der Waals surface area contributed by atoms with Crippen LogP contribution >= 0.6 is 0 Å². The third kappa shape index (κ3) is 5.54. The Kier molecular flexibility index (Phi) is 7.87. The summed E-state index contributed by atoms with van der Waals surface area (Å²) in [7, 11) is 0. The average molecular weight is 383 g/mol. The Hall–Kier alpha value is -0.940. The van der Waals surface area contributed by atoms with E-state index in [1.54, 1.807) is 0 Å². The molecule has 1 saturated carbocycles. The highest BCUT2D eigenvalue weighted by molar-refractivity contribution is 5.84. The first-order valence-electron chi connectivity index (χ1n) is 10.8. The Morgan fingerprint density at radius 2 is 1.93 bits per heavy atom. The van der Waals surface area contributed by atoms with Gasteiger partial charge in [0.1, 0.15) is 5.78 Å². The zero-order chi connectivity index (χ0) is 20.1. The van der Waals surface area contributed by atoms with Crippen LogP contribution in [0.2, 0.25) is 0 Å². The van der Waals surface area contributed by atoms with Gasteiger partial charge in [-0.15, -0.1) is 0 Å². The van der Waals surface area contributed by atoms with Gasteiger partial charge < -0.3 is 14.9 Å². The van der Waals surface area contributed by atoms with E-state index in [-0.39, 0.29) is 35.6 Å². The van der Waals surface area contributed by atoms with Crippen molar-refractivity contribution in [3.63, 3.8) is 0 Å². The number of ether oxygens (including phenoxy) is 1. The predicted molar refractivity (Wildman–Crippen MR) is 104 cm³/mol. The van der Waals surface area contributed by atoms with Crippen LogP contribution in [0.4, 0.5) is 0 Å². The lowest BCUT2D eigenvalue weighted by Crippen LogP contribution is -2.53. The van der Waals surface area contributed by atoms with Crippen LogP contribution in [0.1, 0.15) is 97.8 Å². The first kappa shape index (κ1) is 22.4. The predicted octanol–water partition coefficient (Wildman–Crippen LogP) is 4.70. The number of unbranched alkanes of at least 4 members (excludes halogenated alkanes) is 4. The maximum Gasteiger partial charge on any atom is 0.303 e. The summed E-state index contributed by atoms with van der Waals surface area (Å²) in [6.45, 7) is 6.31. The summed E-state index contributed by atoms with van der Waals surface area (Å²) in [5.74, 6) is -1.30. The number of hydrogen-bond acceptors (Lipinski definition) is 4. The molecular formula is C22H38O5. The average Bonchev–Trinajstić information content (AvgIpc) is 2.90. The van der Waals surface area contributed by atoms with Crippen LogP contribution in [0, 0.1) is 17.3 Å². The van der Waals surface area contributed by atoms with Crippen molar-refractivity contribution >= 4 is 11.8 Å². The molecule has 156 valence electrons. The van der Waals surface area contributed by atoms with Crippen molar-refractivity contribution in [3.8, 4) is 0 Å². The van der Waals surface area contributed by atoms with E-state index in [1.807, 2.05) is 0 Å². The molecule has 0 aromatic rings. The fraction of sp³-hybridized carbons (Fsp3) is 0.909. The van der Waals surface area contributed by atoms with Gasteiger partial charge in [0.25, 0.3) is 0 Å². The van der Waals surface area contributed by atoms with Gasteiger partial charge in [-0.05, 0) is 31.6 Å². The van der Waals surface area contributed by atoms with E-state index in [1.165, 1.54) is 0 Å². The monoisotopic (exact) mass is 382 g/mol. The molecule has 1 aliphatic carbocycles. The zero-order valence-electron chi connectivity index (χ0n) is 17.3. The quantitative estimate of drug-likeness (QED) is 0.506. The van der Waals surface area contributed by atoms with E-state index in [9.17, 15) is 14.7 Å². The van der Waals surface area contributed by atoms with E-state index in [0.29, 0.717) is 19.3 Å². The molecule has 0 aromatic carbocycles. The highest BCUT2D eigenvalue weighted by Crippen LogP contribution is 2.50. The highest BCUT2D eigenvalue weighted by Gasteiger charge is 2.54. The lowest BCUT2D eigenvalue weighted by molar-refractivity contribution is -0.316. The van der Waals surface area contributed by atoms with Gasteiger partial charge in [-0.25, -0.2) is 0 Å². The number of fused-ring (bicyclic) bond motifs is 1. The van der Waals surface area contributed by atoms with E-state index in [2.05, 4.69) is 20.8 Å². The van der Waals surface area contributed by atoms with Gasteiger partial charge >= 0.3 is 5.97 Å².